The van der Waals surface area contributed by atoms with Crippen LogP contribution in [0, 0.1) is 11.7 Å². The first-order valence-corrected chi connectivity index (χ1v) is 5.54. The number of hydrogen-bond acceptors (Lipinski definition) is 2. The van der Waals surface area contributed by atoms with Crippen LogP contribution in [0.3, 0.4) is 0 Å². The van der Waals surface area contributed by atoms with E-state index in [4.69, 9.17) is 9.84 Å². The molecule has 1 aromatic rings. The molecule has 4 heteroatoms. The third kappa shape index (κ3) is 4.15. The molecule has 1 atom stereocenters. The predicted molar refractivity (Wildman–Crippen MR) is 62.4 cm³/mol. The van der Waals surface area contributed by atoms with Crippen molar-refractivity contribution in [3.63, 3.8) is 0 Å². The number of carboxylic acid groups (broad SMARTS) is 1. The SMILES string of the molecule is CC(C)C(C)OCc1cc(F)cc(C(=O)O)c1. The quantitative estimate of drug-likeness (QED) is 0.860. The number of rotatable bonds is 5. The summed E-state index contributed by atoms with van der Waals surface area (Å²) in [5.41, 5.74) is 0.482. The van der Waals surface area contributed by atoms with E-state index in [1.165, 1.54) is 12.1 Å². The van der Waals surface area contributed by atoms with E-state index < -0.39 is 11.8 Å². The lowest BCUT2D eigenvalue weighted by atomic mass is 10.1. The molecule has 0 saturated heterocycles. The molecule has 0 aliphatic carbocycles. The number of benzene rings is 1. The van der Waals surface area contributed by atoms with Gasteiger partial charge in [0.15, 0.2) is 0 Å². The lowest BCUT2D eigenvalue weighted by Crippen LogP contribution is -2.15. The molecule has 0 bridgehead atoms. The third-order valence-corrected chi connectivity index (χ3v) is 2.66. The highest BCUT2D eigenvalue weighted by Crippen LogP contribution is 2.13. The first-order chi connectivity index (χ1) is 7.90. The molecule has 1 aromatic carbocycles. The second kappa shape index (κ2) is 5.77. The van der Waals surface area contributed by atoms with E-state index in [1.807, 2.05) is 20.8 Å². The molecule has 0 saturated carbocycles. The number of halogens is 1. The standard InChI is InChI=1S/C13H17FO3/c1-8(2)9(3)17-7-10-4-11(13(15)16)6-12(14)5-10/h4-6,8-9H,7H2,1-3H3,(H,15,16). The minimum atomic E-state index is -1.14. The summed E-state index contributed by atoms with van der Waals surface area (Å²) in [4.78, 5) is 10.7. The van der Waals surface area contributed by atoms with Gasteiger partial charge in [0.2, 0.25) is 0 Å². The summed E-state index contributed by atoms with van der Waals surface area (Å²) in [6, 6.07) is 3.72. The van der Waals surface area contributed by atoms with Crippen molar-refractivity contribution in [2.75, 3.05) is 0 Å². The van der Waals surface area contributed by atoms with Crippen LogP contribution in [0.15, 0.2) is 18.2 Å². The molecular formula is C13H17FO3. The number of carboxylic acids is 1. The Balaban J connectivity index is 2.74. The Morgan fingerprint density at radius 1 is 1.35 bits per heavy atom. The van der Waals surface area contributed by atoms with Crippen molar-refractivity contribution in [2.45, 2.75) is 33.5 Å². The van der Waals surface area contributed by atoms with Gasteiger partial charge in [0.25, 0.3) is 0 Å². The minimum absolute atomic E-state index is 0.0477. The van der Waals surface area contributed by atoms with Crippen LogP contribution in [0.4, 0.5) is 4.39 Å². The molecule has 0 heterocycles. The van der Waals surface area contributed by atoms with Crippen molar-refractivity contribution in [1.29, 1.82) is 0 Å². The topological polar surface area (TPSA) is 46.5 Å². The third-order valence-electron chi connectivity index (χ3n) is 2.66. The molecule has 17 heavy (non-hydrogen) atoms. The molecule has 0 aromatic heterocycles. The second-order valence-corrected chi connectivity index (χ2v) is 4.41. The molecule has 1 rings (SSSR count). The molecule has 0 aliphatic heterocycles. The Morgan fingerprint density at radius 2 is 2.00 bits per heavy atom. The molecule has 3 nitrogen and oxygen atoms in total. The van der Waals surface area contributed by atoms with Crippen LogP contribution in [0.1, 0.15) is 36.7 Å². The minimum Gasteiger partial charge on any atom is -0.478 e. The van der Waals surface area contributed by atoms with E-state index in [0.29, 0.717) is 11.5 Å². The highest BCUT2D eigenvalue weighted by atomic mass is 19.1. The molecule has 0 radical (unpaired) electrons. The fraction of sp³-hybridized carbons (Fsp3) is 0.462. The molecule has 0 fully saturated rings. The molecule has 1 unspecified atom stereocenters. The smallest absolute Gasteiger partial charge is 0.335 e. The molecule has 0 spiro atoms. The first-order valence-electron chi connectivity index (χ1n) is 5.54. The normalized spacial score (nSPS) is 12.8. The van der Waals surface area contributed by atoms with Crippen molar-refractivity contribution >= 4 is 5.97 Å². The summed E-state index contributed by atoms with van der Waals surface area (Å²) in [6.45, 7) is 6.21. The maximum absolute atomic E-state index is 13.2. The van der Waals surface area contributed by atoms with Crippen LogP contribution in [0.2, 0.25) is 0 Å². The second-order valence-electron chi connectivity index (χ2n) is 4.41. The van der Waals surface area contributed by atoms with Crippen molar-refractivity contribution in [3.8, 4) is 0 Å². The zero-order valence-electron chi connectivity index (χ0n) is 10.2. The van der Waals surface area contributed by atoms with Crippen LogP contribution in [0.5, 0.6) is 0 Å². The summed E-state index contributed by atoms with van der Waals surface area (Å²) >= 11 is 0. The highest BCUT2D eigenvalue weighted by Gasteiger charge is 2.10. The Kier molecular flexibility index (Phi) is 4.63. The van der Waals surface area contributed by atoms with Crippen molar-refractivity contribution in [1.82, 2.24) is 0 Å². The van der Waals surface area contributed by atoms with Gasteiger partial charge in [-0.05, 0) is 36.6 Å². The summed E-state index contributed by atoms with van der Waals surface area (Å²) in [5, 5.41) is 8.79. The molecule has 0 aliphatic rings. The summed E-state index contributed by atoms with van der Waals surface area (Å²) < 4.78 is 18.7. The van der Waals surface area contributed by atoms with Gasteiger partial charge in [-0.1, -0.05) is 13.8 Å². The van der Waals surface area contributed by atoms with Crippen LogP contribution in [-0.4, -0.2) is 17.2 Å². The highest BCUT2D eigenvalue weighted by molar-refractivity contribution is 5.87. The fourth-order valence-electron chi connectivity index (χ4n) is 1.28. The van der Waals surface area contributed by atoms with Crippen molar-refractivity contribution < 1.29 is 19.0 Å². The van der Waals surface area contributed by atoms with Gasteiger partial charge < -0.3 is 9.84 Å². The van der Waals surface area contributed by atoms with E-state index in [-0.39, 0.29) is 18.3 Å². The van der Waals surface area contributed by atoms with E-state index >= 15 is 0 Å². The zero-order valence-corrected chi connectivity index (χ0v) is 10.2. The van der Waals surface area contributed by atoms with Gasteiger partial charge in [-0.25, -0.2) is 9.18 Å². The van der Waals surface area contributed by atoms with Gasteiger partial charge in [-0.2, -0.15) is 0 Å². The van der Waals surface area contributed by atoms with Gasteiger partial charge in [-0.15, -0.1) is 0 Å². The lowest BCUT2D eigenvalue weighted by Gasteiger charge is -2.16. The van der Waals surface area contributed by atoms with Crippen LogP contribution in [0.25, 0.3) is 0 Å². The van der Waals surface area contributed by atoms with E-state index in [0.717, 1.165) is 6.07 Å². The van der Waals surface area contributed by atoms with Crippen molar-refractivity contribution in [2.24, 2.45) is 5.92 Å². The van der Waals surface area contributed by atoms with E-state index in [1.54, 1.807) is 0 Å². The van der Waals surface area contributed by atoms with E-state index in [2.05, 4.69) is 0 Å². The predicted octanol–water partition coefficient (Wildman–Crippen LogP) is 3.09. The summed E-state index contributed by atoms with van der Waals surface area (Å²) in [6.07, 6.45) is 0.0477. The van der Waals surface area contributed by atoms with Crippen LogP contribution < -0.4 is 0 Å². The summed E-state index contributed by atoms with van der Waals surface area (Å²) in [5.74, 6) is -1.33. The Bertz CT molecular complexity index is 402. The number of carbonyl (C=O) groups is 1. The zero-order chi connectivity index (χ0) is 13.0. The average molecular weight is 240 g/mol. The number of hydrogen-bond donors (Lipinski definition) is 1. The number of aromatic carboxylic acids is 1. The van der Waals surface area contributed by atoms with Crippen molar-refractivity contribution in [3.05, 3.63) is 35.1 Å². The van der Waals surface area contributed by atoms with Gasteiger partial charge in [-0.3, -0.25) is 0 Å². The maximum atomic E-state index is 13.2. The molecule has 1 N–H and O–H groups in total. The first kappa shape index (κ1) is 13.6. The monoisotopic (exact) mass is 240 g/mol. The van der Waals surface area contributed by atoms with Gasteiger partial charge >= 0.3 is 5.97 Å². The summed E-state index contributed by atoms with van der Waals surface area (Å²) in [7, 11) is 0. The maximum Gasteiger partial charge on any atom is 0.335 e. The fourth-order valence-corrected chi connectivity index (χ4v) is 1.28. The molecular weight excluding hydrogens is 223 g/mol. The lowest BCUT2D eigenvalue weighted by molar-refractivity contribution is 0.0233. The van der Waals surface area contributed by atoms with Gasteiger partial charge in [0, 0.05) is 0 Å². The Morgan fingerprint density at radius 3 is 2.53 bits per heavy atom. The Hall–Kier alpha value is -1.42. The van der Waals surface area contributed by atoms with Gasteiger partial charge in [0.05, 0.1) is 18.3 Å². The van der Waals surface area contributed by atoms with Crippen LogP contribution in [-0.2, 0) is 11.3 Å². The molecule has 0 amide bonds. The van der Waals surface area contributed by atoms with Crippen LogP contribution >= 0.6 is 0 Å². The number of ether oxygens (including phenoxy) is 1. The largest absolute Gasteiger partial charge is 0.478 e. The molecule has 94 valence electrons. The average Bonchev–Trinajstić information content (AvgIpc) is 2.24. The van der Waals surface area contributed by atoms with Gasteiger partial charge in [0.1, 0.15) is 5.82 Å². The Labute approximate surface area is 100 Å². The van der Waals surface area contributed by atoms with E-state index in [9.17, 15) is 9.18 Å².